The van der Waals surface area contributed by atoms with Gasteiger partial charge in [-0.1, -0.05) is 19.1 Å². The Hall–Kier alpha value is -2.56. The molecule has 0 spiro atoms. The molecule has 2 aliphatic rings. The third-order valence-electron chi connectivity index (χ3n) is 6.16. The Balaban J connectivity index is 1.23. The number of ether oxygens (including phenoxy) is 2. The van der Waals surface area contributed by atoms with Crippen LogP contribution >= 0.6 is 0 Å². The lowest BCUT2D eigenvalue weighted by molar-refractivity contribution is -0.127. The molecule has 0 bridgehead atoms. The Morgan fingerprint density at radius 3 is 2.30 bits per heavy atom. The van der Waals surface area contributed by atoms with E-state index >= 15 is 0 Å². The third-order valence-corrected chi connectivity index (χ3v) is 6.16. The van der Waals surface area contributed by atoms with Gasteiger partial charge >= 0.3 is 0 Å². The zero-order valence-electron chi connectivity index (χ0n) is 17.7. The van der Waals surface area contributed by atoms with Crippen LogP contribution in [0.15, 0.2) is 48.5 Å². The predicted octanol–water partition coefficient (Wildman–Crippen LogP) is 5.16. The van der Waals surface area contributed by atoms with E-state index in [4.69, 9.17) is 9.47 Å². The minimum absolute atomic E-state index is 0.0676. The summed E-state index contributed by atoms with van der Waals surface area (Å²) in [5.74, 6) is 2.02. The van der Waals surface area contributed by atoms with E-state index in [1.807, 2.05) is 43.3 Å². The van der Waals surface area contributed by atoms with Gasteiger partial charge in [0.15, 0.2) is 0 Å². The van der Waals surface area contributed by atoms with E-state index in [0.717, 1.165) is 30.2 Å². The van der Waals surface area contributed by atoms with Crippen LogP contribution in [-0.4, -0.2) is 37.8 Å². The first-order valence-corrected chi connectivity index (χ1v) is 10.9. The van der Waals surface area contributed by atoms with Crippen molar-refractivity contribution in [2.24, 2.45) is 5.92 Å². The van der Waals surface area contributed by atoms with Gasteiger partial charge in [0.25, 0.3) is 0 Å². The van der Waals surface area contributed by atoms with Crippen LogP contribution in [0.5, 0.6) is 11.5 Å². The largest absolute Gasteiger partial charge is 0.494 e. The Labute approximate surface area is 178 Å². The van der Waals surface area contributed by atoms with Crippen LogP contribution in [0.25, 0.3) is 0 Å². The second-order valence-electron chi connectivity index (χ2n) is 8.48. The first kappa shape index (κ1) is 20.7. The summed E-state index contributed by atoms with van der Waals surface area (Å²) in [5, 5.41) is 0. The van der Waals surface area contributed by atoms with Crippen molar-refractivity contribution in [3.63, 3.8) is 0 Å². The number of ketones is 1. The molecule has 160 valence electrons. The van der Waals surface area contributed by atoms with Crippen LogP contribution in [-0.2, 0) is 4.79 Å². The van der Waals surface area contributed by atoms with Crippen LogP contribution < -0.4 is 14.4 Å². The summed E-state index contributed by atoms with van der Waals surface area (Å²) in [6.45, 7) is 6.43. The number of hydrogen-bond donors (Lipinski definition) is 0. The molecule has 5 heteroatoms. The number of benzene rings is 2. The highest BCUT2D eigenvalue weighted by Crippen LogP contribution is 2.34. The standard InChI is InChI=1S/C25H30FNO3/c1-3-29-22-10-6-21(7-11-22)27-15-24(16-27)30-23-8-4-18(5-9-23)17(2)12-25(28)19-13-20(26)14-19/h4-11,17,19-20,24H,3,12-16H2,1-2H3/t17-,19?,20?/m1/s1. The van der Waals surface area contributed by atoms with Crippen molar-refractivity contribution in [2.45, 2.75) is 51.3 Å². The molecule has 2 fully saturated rings. The Kier molecular flexibility index (Phi) is 6.26. The first-order chi connectivity index (χ1) is 14.5. The number of hydrogen-bond acceptors (Lipinski definition) is 4. The quantitative estimate of drug-likeness (QED) is 0.571. The maximum absolute atomic E-state index is 13.0. The van der Waals surface area contributed by atoms with E-state index in [1.54, 1.807) is 0 Å². The molecular weight excluding hydrogens is 381 g/mol. The van der Waals surface area contributed by atoms with Crippen molar-refractivity contribution >= 4 is 11.5 Å². The predicted molar refractivity (Wildman–Crippen MR) is 116 cm³/mol. The van der Waals surface area contributed by atoms with Gasteiger partial charge in [-0.05, 0) is 67.6 Å². The maximum atomic E-state index is 13.0. The van der Waals surface area contributed by atoms with Crippen molar-refractivity contribution in [1.29, 1.82) is 0 Å². The topological polar surface area (TPSA) is 38.8 Å². The molecule has 0 aromatic heterocycles. The Bertz CT molecular complexity index is 840. The lowest BCUT2D eigenvalue weighted by Gasteiger charge is -2.40. The van der Waals surface area contributed by atoms with Crippen molar-refractivity contribution in [3.8, 4) is 11.5 Å². The molecule has 4 rings (SSSR count). The molecule has 0 radical (unpaired) electrons. The molecule has 1 saturated heterocycles. The van der Waals surface area contributed by atoms with Crippen molar-refractivity contribution in [2.75, 3.05) is 24.6 Å². The molecule has 1 aliphatic heterocycles. The summed E-state index contributed by atoms with van der Waals surface area (Å²) in [4.78, 5) is 14.5. The van der Waals surface area contributed by atoms with Crippen LogP contribution in [0.2, 0.25) is 0 Å². The molecule has 0 unspecified atom stereocenters. The van der Waals surface area contributed by atoms with Crippen LogP contribution in [0.1, 0.15) is 44.6 Å². The molecule has 0 N–H and O–H groups in total. The van der Waals surface area contributed by atoms with Gasteiger partial charge in [0.2, 0.25) is 0 Å². The summed E-state index contributed by atoms with van der Waals surface area (Å²) >= 11 is 0. The second kappa shape index (κ2) is 9.07. The number of halogens is 1. The molecule has 1 atom stereocenters. The normalized spacial score (nSPS) is 22.0. The molecule has 2 aromatic carbocycles. The summed E-state index contributed by atoms with van der Waals surface area (Å²) in [5.41, 5.74) is 2.30. The molecule has 4 nitrogen and oxygen atoms in total. The highest BCUT2D eigenvalue weighted by Gasteiger charge is 2.34. The maximum Gasteiger partial charge on any atom is 0.136 e. The summed E-state index contributed by atoms with van der Waals surface area (Å²) in [7, 11) is 0. The minimum Gasteiger partial charge on any atom is -0.494 e. The highest BCUT2D eigenvalue weighted by atomic mass is 19.1. The minimum atomic E-state index is -0.775. The molecule has 30 heavy (non-hydrogen) atoms. The van der Waals surface area contributed by atoms with E-state index < -0.39 is 6.17 Å². The summed E-state index contributed by atoms with van der Waals surface area (Å²) in [6.07, 6.45) is 0.703. The third kappa shape index (κ3) is 4.77. The van der Waals surface area contributed by atoms with Crippen LogP contribution in [0.4, 0.5) is 10.1 Å². The monoisotopic (exact) mass is 411 g/mol. The van der Waals surface area contributed by atoms with Gasteiger partial charge in [-0.15, -0.1) is 0 Å². The lowest BCUT2D eigenvalue weighted by Crippen LogP contribution is -2.54. The van der Waals surface area contributed by atoms with Gasteiger partial charge in [-0.2, -0.15) is 0 Å². The van der Waals surface area contributed by atoms with Crippen molar-refractivity contribution < 1.29 is 18.7 Å². The molecule has 0 amide bonds. The Morgan fingerprint density at radius 1 is 1.07 bits per heavy atom. The number of nitrogens with zero attached hydrogens (tertiary/aromatic N) is 1. The van der Waals surface area contributed by atoms with E-state index in [1.165, 1.54) is 5.69 Å². The zero-order valence-corrected chi connectivity index (χ0v) is 17.7. The number of rotatable bonds is 9. The van der Waals surface area contributed by atoms with E-state index in [0.29, 0.717) is 25.9 Å². The molecule has 1 aliphatic carbocycles. The van der Waals surface area contributed by atoms with E-state index in [2.05, 4.69) is 24.0 Å². The number of carbonyl (C=O) groups excluding carboxylic acids is 1. The highest BCUT2D eigenvalue weighted by molar-refractivity contribution is 5.82. The first-order valence-electron chi connectivity index (χ1n) is 10.9. The fourth-order valence-electron chi connectivity index (χ4n) is 4.11. The van der Waals surface area contributed by atoms with Gasteiger partial charge < -0.3 is 14.4 Å². The van der Waals surface area contributed by atoms with Gasteiger partial charge in [-0.3, -0.25) is 4.79 Å². The van der Waals surface area contributed by atoms with Gasteiger partial charge in [0, 0.05) is 18.0 Å². The summed E-state index contributed by atoms with van der Waals surface area (Å²) < 4.78 is 24.5. The second-order valence-corrected chi connectivity index (χ2v) is 8.48. The van der Waals surface area contributed by atoms with Gasteiger partial charge in [-0.25, -0.2) is 4.39 Å². The van der Waals surface area contributed by atoms with Gasteiger partial charge in [0.1, 0.15) is 29.6 Å². The van der Waals surface area contributed by atoms with Crippen LogP contribution in [0.3, 0.4) is 0 Å². The van der Waals surface area contributed by atoms with Gasteiger partial charge in [0.05, 0.1) is 19.7 Å². The number of Topliss-reactive ketones (excluding diaryl/α,β-unsaturated/α-hetero) is 1. The zero-order chi connectivity index (χ0) is 21.1. The van der Waals surface area contributed by atoms with Crippen molar-refractivity contribution in [1.82, 2.24) is 0 Å². The average Bonchev–Trinajstić information content (AvgIpc) is 2.69. The van der Waals surface area contributed by atoms with Crippen LogP contribution in [0, 0.1) is 5.92 Å². The van der Waals surface area contributed by atoms with E-state index in [-0.39, 0.29) is 23.7 Å². The number of carbonyl (C=O) groups is 1. The molecular formula is C25H30FNO3. The van der Waals surface area contributed by atoms with E-state index in [9.17, 15) is 9.18 Å². The molecule has 2 aromatic rings. The fourth-order valence-corrected chi connectivity index (χ4v) is 4.11. The number of anilines is 1. The smallest absolute Gasteiger partial charge is 0.136 e. The average molecular weight is 412 g/mol. The Morgan fingerprint density at radius 2 is 1.70 bits per heavy atom. The molecule has 1 heterocycles. The number of alkyl halides is 1. The SMILES string of the molecule is CCOc1ccc(N2CC(Oc3ccc([C@H](C)CC(=O)C4CC(F)C4)cc3)C2)cc1. The van der Waals surface area contributed by atoms with Crippen molar-refractivity contribution in [3.05, 3.63) is 54.1 Å². The summed E-state index contributed by atoms with van der Waals surface area (Å²) in [6, 6.07) is 16.2. The fraction of sp³-hybridized carbons (Fsp3) is 0.480. The lowest BCUT2D eigenvalue weighted by atomic mass is 9.77. The molecule has 1 saturated carbocycles.